The van der Waals surface area contributed by atoms with Crippen LogP contribution in [0, 0.1) is 5.82 Å². The molecule has 0 aliphatic rings. The van der Waals surface area contributed by atoms with E-state index in [0.717, 1.165) is 0 Å². The van der Waals surface area contributed by atoms with Crippen molar-refractivity contribution in [1.82, 2.24) is 10.3 Å². The van der Waals surface area contributed by atoms with Crippen LogP contribution in [0.2, 0.25) is 0 Å². The molecule has 26 heavy (non-hydrogen) atoms. The van der Waals surface area contributed by atoms with Crippen LogP contribution in [0.3, 0.4) is 0 Å². The van der Waals surface area contributed by atoms with Crippen molar-refractivity contribution in [3.8, 4) is 5.75 Å². The number of carbonyl (C=O) groups excluding carboxylic acids is 2. The third kappa shape index (κ3) is 5.54. The van der Waals surface area contributed by atoms with Crippen molar-refractivity contribution in [2.45, 2.75) is 32.7 Å². The minimum atomic E-state index is -0.446. The molecule has 1 heterocycles. The number of aromatic nitrogens is 1. The normalized spacial score (nSPS) is 11.0. The van der Waals surface area contributed by atoms with E-state index in [-0.39, 0.29) is 23.9 Å². The van der Waals surface area contributed by atoms with E-state index in [1.54, 1.807) is 6.07 Å². The molecule has 0 fully saturated rings. The van der Waals surface area contributed by atoms with Gasteiger partial charge < -0.3 is 15.4 Å². The number of hydrogen-bond acceptors (Lipinski definition) is 4. The van der Waals surface area contributed by atoms with Crippen LogP contribution in [0.15, 0.2) is 36.5 Å². The highest BCUT2D eigenvalue weighted by molar-refractivity contribution is 5.96. The van der Waals surface area contributed by atoms with Crippen LogP contribution in [0.1, 0.15) is 36.8 Å². The maximum Gasteiger partial charge on any atom is 0.270 e. The molecule has 0 radical (unpaired) electrons. The highest BCUT2D eigenvalue weighted by Crippen LogP contribution is 2.20. The fourth-order valence-electron chi connectivity index (χ4n) is 2.30. The molecule has 0 spiro atoms. The summed E-state index contributed by atoms with van der Waals surface area (Å²) in [7, 11) is 1.46. The maximum absolute atomic E-state index is 13.4. The van der Waals surface area contributed by atoms with Gasteiger partial charge in [-0.1, -0.05) is 0 Å². The molecule has 138 valence electrons. The summed E-state index contributed by atoms with van der Waals surface area (Å²) in [6, 6.07) is 7.06. The largest absolute Gasteiger partial charge is 0.496 e. The van der Waals surface area contributed by atoms with Crippen molar-refractivity contribution in [2.24, 2.45) is 0 Å². The van der Waals surface area contributed by atoms with Crippen molar-refractivity contribution in [1.29, 1.82) is 0 Å². The van der Waals surface area contributed by atoms with Crippen LogP contribution in [0.5, 0.6) is 5.75 Å². The molecule has 6 nitrogen and oxygen atoms in total. The number of anilines is 1. The number of ether oxygens (including phenoxy) is 1. The smallest absolute Gasteiger partial charge is 0.270 e. The van der Waals surface area contributed by atoms with E-state index >= 15 is 0 Å². The molecule has 0 unspecified atom stereocenters. The molecule has 2 aromatic rings. The molecule has 1 aromatic heterocycles. The Labute approximate surface area is 151 Å². The van der Waals surface area contributed by atoms with Gasteiger partial charge in [-0.05, 0) is 51.1 Å². The topological polar surface area (TPSA) is 80.3 Å². The quantitative estimate of drug-likeness (QED) is 0.860. The standard InChI is InChI=1S/C19H22FN3O3/c1-19(2,3)23-18(25)15-11-14(7-8-21-15)22-17(24)10-12-9-13(20)5-6-16(12)26-4/h5-9,11H,10H2,1-4H3,(H,23,25)(H,21,22,24). The molecule has 0 aliphatic carbocycles. The van der Waals surface area contributed by atoms with Crippen molar-refractivity contribution < 1.29 is 18.7 Å². The molecule has 0 saturated carbocycles. The molecular weight excluding hydrogens is 337 g/mol. The van der Waals surface area contributed by atoms with Gasteiger partial charge in [0.15, 0.2) is 0 Å². The summed E-state index contributed by atoms with van der Waals surface area (Å²) >= 11 is 0. The summed E-state index contributed by atoms with van der Waals surface area (Å²) in [6.07, 6.45) is 1.38. The Morgan fingerprint density at radius 3 is 2.58 bits per heavy atom. The van der Waals surface area contributed by atoms with Gasteiger partial charge in [-0.3, -0.25) is 14.6 Å². The predicted octanol–water partition coefficient (Wildman–Crippen LogP) is 2.94. The Morgan fingerprint density at radius 2 is 1.92 bits per heavy atom. The first-order valence-corrected chi connectivity index (χ1v) is 8.09. The van der Waals surface area contributed by atoms with E-state index in [1.807, 2.05) is 20.8 Å². The van der Waals surface area contributed by atoms with Gasteiger partial charge in [-0.15, -0.1) is 0 Å². The number of rotatable bonds is 5. The Hall–Kier alpha value is -2.96. The Bertz CT molecular complexity index is 816. The molecule has 0 atom stereocenters. The van der Waals surface area contributed by atoms with Gasteiger partial charge in [0.25, 0.3) is 5.91 Å². The molecule has 2 N–H and O–H groups in total. The average molecular weight is 359 g/mol. The van der Waals surface area contributed by atoms with Gasteiger partial charge in [0, 0.05) is 23.0 Å². The summed E-state index contributed by atoms with van der Waals surface area (Å²) < 4.78 is 18.5. The minimum Gasteiger partial charge on any atom is -0.496 e. The summed E-state index contributed by atoms with van der Waals surface area (Å²) in [5, 5.41) is 5.49. The van der Waals surface area contributed by atoms with E-state index in [1.165, 1.54) is 37.6 Å². The first-order valence-electron chi connectivity index (χ1n) is 8.09. The average Bonchev–Trinajstić information content (AvgIpc) is 2.53. The zero-order valence-corrected chi connectivity index (χ0v) is 15.2. The Morgan fingerprint density at radius 1 is 1.19 bits per heavy atom. The van der Waals surface area contributed by atoms with Gasteiger partial charge in [0.05, 0.1) is 13.5 Å². The van der Waals surface area contributed by atoms with Crippen molar-refractivity contribution >= 4 is 17.5 Å². The summed E-state index contributed by atoms with van der Waals surface area (Å²) in [5.74, 6) is -0.706. The number of pyridine rings is 1. The van der Waals surface area contributed by atoms with Gasteiger partial charge >= 0.3 is 0 Å². The number of nitrogens with zero attached hydrogens (tertiary/aromatic N) is 1. The molecule has 0 saturated heterocycles. The van der Waals surface area contributed by atoms with Gasteiger partial charge in [-0.25, -0.2) is 4.39 Å². The van der Waals surface area contributed by atoms with Crippen molar-refractivity contribution in [3.63, 3.8) is 0 Å². The van der Waals surface area contributed by atoms with Gasteiger partial charge in [-0.2, -0.15) is 0 Å². The molecule has 7 heteroatoms. The SMILES string of the molecule is COc1ccc(F)cc1CC(=O)Nc1ccnc(C(=O)NC(C)(C)C)c1. The van der Waals surface area contributed by atoms with Gasteiger partial charge in [0.1, 0.15) is 17.3 Å². The number of nitrogens with one attached hydrogen (secondary N) is 2. The number of methoxy groups -OCH3 is 1. The van der Waals surface area contributed by atoms with E-state index < -0.39 is 11.4 Å². The molecule has 2 amide bonds. The number of amides is 2. The monoisotopic (exact) mass is 359 g/mol. The lowest BCUT2D eigenvalue weighted by Gasteiger charge is -2.20. The van der Waals surface area contributed by atoms with E-state index in [4.69, 9.17) is 4.74 Å². The lowest BCUT2D eigenvalue weighted by atomic mass is 10.1. The zero-order valence-electron chi connectivity index (χ0n) is 15.2. The summed E-state index contributed by atoms with van der Waals surface area (Å²) in [4.78, 5) is 28.4. The highest BCUT2D eigenvalue weighted by atomic mass is 19.1. The van der Waals surface area contributed by atoms with Crippen LogP contribution in [-0.4, -0.2) is 29.4 Å². The van der Waals surface area contributed by atoms with Crippen LogP contribution < -0.4 is 15.4 Å². The first kappa shape index (κ1) is 19.4. The molecule has 0 aliphatic heterocycles. The Balaban J connectivity index is 2.09. The van der Waals surface area contributed by atoms with E-state index in [0.29, 0.717) is 17.0 Å². The van der Waals surface area contributed by atoms with Crippen molar-refractivity contribution in [2.75, 3.05) is 12.4 Å². The Kier molecular flexibility index (Phi) is 5.92. The lowest BCUT2D eigenvalue weighted by molar-refractivity contribution is -0.115. The third-order valence-electron chi connectivity index (χ3n) is 3.36. The number of carbonyl (C=O) groups is 2. The zero-order chi connectivity index (χ0) is 19.3. The van der Waals surface area contributed by atoms with E-state index in [9.17, 15) is 14.0 Å². The van der Waals surface area contributed by atoms with Crippen LogP contribution >= 0.6 is 0 Å². The van der Waals surface area contributed by atoms with Gasteiger partial charge in [0.2, 0.25) is 5.91 Å². The highest BCUT2D eigenvalue weighted by Gasteiger charge is 2.17. The minimum absolute atomic E-state index is 0.0627. The molecule has 2 rings (SSSR count). The summed E-state index contributed by atoms with van der Waals surface area (Å²) in [6.45, 7) is 5.59. The number of halogens is 1. The first-order chi connectivity index (χ1) is 12.2. The van der Waals surface area contributed by atoms with Crippen LogP contribution in [0.25, 0.3) is 0 Å². The predicted molar refractivity (Wildman–Crippen MR) is 96.7 cm³/mol. The third-order valence-corrected chi connectivity index (χ3v) is 3.36. The number of benzene rings is 1. The van der Waals surface area contributed by atoms with Crippen LogP contribution in [-0.2, 0) is 11.2 Å². The second-order valence-corrected chi connectivity index (χ2v) is 6.82. The van der Waals surface area contributed by atoms with Crippen molar-refractivity contribution in [3.05, 3.63) is 53.6 Å². The fraction of sp³-hybridized carbons (Fsp3) is 0.316. The number of hydrogen-bond donors (Lipinski definition) is 2. The van der Waals surface area contributed by atoms with Crippen LogP contribution in [0.4, 0.5) is 10.1 Å². The van der Waals surface area contributed by atoms with E-state index in [2.05, 4.69) is 15.6 Å². The maximum atomic E-state index is 13.4. The molecule has 0 bridgehead atoms. The molecule has 1 aromatic carbocycles. The fourth-order valence-corrected chi connectivity index (χ4v) is 2.30. The second-order valence-electron chi connectivity index (χ2n) is 6.82. The molecular formula is C19H22FN3O3. The summed E-state index contributed by atoms with van der Waals surface area (Å²) in [5.41, 5.74) is 0.664. The second kappa shape index (κ2) is 7.95. The lowest BCUT2D eigenvalue weighted by Crippen LogP contribution is -2.40.